The summed E-state index contributed by atoms with van der Waals surface area (Å²) in [5.74, 6) is -1.36. The standard InChI is InChI=1S/C26H36F4N4O3/c1-15(2)25(7-4-16(11-25)32-20-6-9-37-14-21(20)36-3)24(35)34-13-17-10-18(34)12-33(17)23-22(27)19(5-8-31-23)26(28,29)30/h5,8,15-18,20-21,32H,4,6-7,9-14H2,1-3H3/t16-,17-,18+,20+,21-,25+/m1/s1. The molecule has 1 N–H and O–H groups in total. The Morgan fingerprint density at radius 2 is 2.05 bits per heavy atom. The fraction of sp³-hybridized carbons (Fsp3) is 0.769. The van der Waals surface area contributed by atoms with Crippen molar-refractivity contribution in [3.63, 3.8) is 0 Å². The normalized spacial score (nSPS) is 34.1. The molecule has 4 aliphatic rings. The third-order valence-electron chi connectivity index (χ3n) is 9.09. The Morgan fingerprint density at radius 1 is 1.27 bits per heavy atom. The van der Waals surface area contributed by atoms with E-state index in [-0.39, 0.29) is 54.5 Å². The second-order valence-electron chi connectivity index (χ2n) is 11.3. The molecule has 4 fully saturated rings. The van der Waals surface area contributed by atoms with E-state index in [4.69, 9.17) is 9.47 Å². The summed E-state index contributed by atoms with van der Waals surface area (Å²) in [7, 11) is 1.69. The van der Waals surface area contributed by atoms with Gasteiger partial charge >= 0.3 is 6.18 Å². The number of methoxy groups -OCH3 is 1. The van der Waals surface area contributed by atoms with Gasteiger partial charge in [-0.2, -0.15) is 13.2 Å². The molecular formula is C26H36F4N4O3. The van der Waals surface area contributed by atoms with Crippen molar-refractivity contribution in [1.82, 2.24) is 15.2 Å². The summed E-state index contributed by atoms with van der Waals surface area (Å²) in [6, 6.07) is 0.641. The van der Waals surface area contributed by atoms with E-state index < -0.39 is 23.0 Å². The summed E-state index contributed by atoms with van der Waals surface area (Å²) < 4.78 is 65.6. The molecule has 1 aliphatic carbocycles. The van der Waals surface area contributed by atoms with Gasteiger partial charge in [0, 0.05) is 45.1 Å². The minimum absolute atomic E-state index is 0.0105. The zero-order valence-electron chi connectivity index (χ0n) is 21.6. The average molecular weight is 529 g/mol. The molecule has 1 aromatic rings. The topological polar surface area (TPSA) is 66.9 Å². The molecular weight excluding hydrogens is 492 g/mol. The summed E-state index contributed by atoms with van der Waals surface area (Å²) in [6.45, 7) is 6.09. The number of piperazine rings is 1. The third-order valence-corrected chi connectivity index (χ3v) is 9.09. The Hall–Kier alpha value is -1.98. The average Bonchev–Trinajstić information content (AvgIpc) is 3.58. The van der Waals surface area contributed by atoms with Gasteiger partial charge < -0.3 is 24.6 Å². The van der Waals surface area contributed by atoms with Gasteiger partial charge in [0.1, 0.15) is 0 Å². The van der Waals surface area contributed by atoms with E-state index in [2.05, 4.69) is 24.1 Å². The summed E-state index contributed by atoms with van der Waals surface area (Å²) in [4.78, 5) is 21.5. The molecule has 0 aromatic carbocycles. The number of hydrogen-bond donors (Lipinski definition) is 1. The van der Waals surface area contributed by atoms with Gasteiger partial charge in [0.15, 0.2) is 11.6 Å². The Labute approximate surface area is 214 Å². The highest BCUT2D eigenvalue weighted by Crippen LogP contribution is 2.48. The maximum atomic E-state index is 14.8. The number of amides is 1. The number of likely N-dealkylation sites (tertiary alicyclic amines) is 1. The molecule has 11 heteroatoms. The van der Waals surface area contributed by atoms with Crippen LogP contribution in [0, 0.1) is 17.2 Å². The van der Waals surface area contributed by atoms with Crippen LogP contribution >= 0.6 is 0 Å². The highest BCUT2D eigenvalue weighted by Gasteiger charge is 2.55. The number of halogens is 4. The summed E-state index contributed by atoms with van der Waals surface area (Å²) in [5.41, 5.74) is -1.81. The maximum absolute atomic E-state index is 14.8. The van der Waals surface area contributed by atoms with Crippen molar-refractivity contribution in [1.29, 1.82) is 0 Å². The highest BCUT2D eigenvalue weighted by molar-refractivity contribution is 5.84. The van der Waals surface area contributed by atoms with Crippen molar-refractivity contribution in [2.75, 3.05) is 38.3 Å². The molecule has 3 aliphatic heterocycles. The number of rotatable bonds is 6. The quantitative estimate of drug-likeness (QED) is 0.569. The smallest absolute Gasteiger partial charge is 0.379 e. The first-order chi connectivity index (χ1) is 17.5. The molecule has 1 amide bonds. The Kier molecular flexibility index (Phi) is 7.17. The molecule has 1 aromatic heterocycles. The van der Waals surface area contributed by atoms with E-state index in [0.29, 0.717) is 32.2 Å². The highest BCUT2D eigenvalue weighted by atomic mass is 19.4. The van der Waals surface area contributed by atoms with E-state index in [1.165, 1.54) is 0 Å². The number of hydrogen-bond acceptors (Lipinski definition) is 6. The molecule has 0 spiro atoms. The lowest BCUT2D eigenvalue weighted by molar-refractivity contribution is -0.146. The largest absolute Gasteiger partial charge is 0.419 e. The summed E-state index contributed by atoms with van der Waals surface area (Å²) >= 11 is 0. The van der Waals surface area contributed by atoms with E-state index in [9.17, 15) is 22.4 Å². The van der Waals surface area contributed by atoms with Crippen molar-refractivity contribution in [2.45, 2.75) is 82.4 Å². The molecule has 7 nitrogen and oxygen atoms in total. The van der Waals surface area contributed by atoms with Gasteiger partial charge in [-0.1, -0.05) is 13.8 Å². The van der Waals surface area contributed by atoms with Crippen LogP contribution in [0.3, 0.4) is 0 Å². The lowest BCUT2D eigenvalue weighted by Gasteiger charge is -2.42. The molecule has 3 saturated heterocycles. The van der Waals surface area contributed by atoms with Crippen molar-refractivity contribution >= 4 is 11.7 Å². The Morgan fingerprint density at radius 3 is 2.70 bits per heavy atom. The van der Waals surface area contributed by atoms with E-state index >= 15 is 0 Å². The number of fused-ring (bicyclic) bond motifs is 2. The third kappa shape index (κ3) is 4.71. The molecule has 37 heavy (non-hydrogen) atoms. The number of carbonyl (C=O) groups excluding carboxylic acids is 1. The molecule has 2 bridgehead atoms. The minimum Gasteiger partial charge on any atom is -0.379 e. The number of nitrogens with zero attached hydrogens (tertiary/aromatic N) is 3. The number of nitrogens with one attached hydrogen (secondary N) is 1. The number of carbonyl (C=O) groups is 1. The molecule has 206 valence electrons. The van der Waals surface area contributed by atoms with Crippen LogP contribution in [-0.4, -0.2) is 79.5 Å². The second-order valence-corrected chi connectivity index (χ2v) is 11.3. The number of alkyl halides is 3. The zero-order chi connectivity index (χ0) is 26.5. The van der Waals surface area contributed by atoms with Crippen LogP contribution < -0.4 is 10.2 Å². The second kappa shape index (κ2) is 9.96. The lowest BCUT2D eigenvalue weighted by Crippen LogP contribution is -2.55. The Balaban J connectivity index is 1.28. The first-order valence-corrected chi connectivity index (χ1v) is 13.2. The fourth-order valence-electron chi connectivity index (χ4n) is 6.93. The van der Waals surface area contributed by atoms with Crippen LogP contribution in [0.25, 0.3) is 0 Å². The monoisotopic (exact) mass is 528 g/mol. The van der Waals surface area contributed by atoms with Crippen LogP contribution in [0.1, 0.15) is 51.5 Å². The van der Waals surface area contributed by atoms with Gasteiger partial charge in [-0.25, -0.2) is 9.37 Å². The molecule has 6 atom stereocenters. The molecule has 0 unspecified atom stereocenters. The Bertz CT molecular complexity index is 1010. The molecule has 0 radical (unpaired) electrons. The number of anilines is 1. The van der Waals surface area contributed by atoms with E-state index in [1.807, 2.05) is 4.90 Å². The number of aromatic nitrogens is 1. The van der Waals surface area contributed by atoms with Crippen LogP contribution in [-0.2, 0) is 20.4 Å². The van der Waals surface area contributed by atoms with Gasteiger partial charge in [0.25, 0.3) is 0 Å². The van der Waals surface area contributed by atoms with Gasteiger partial charge in [-0.15, -0.1) is 0 Å². The SMILES string of the molecule is CO[C@@H]1COCC[C@@H]1N[C@@H]1CC[C@@](C(=O)N2C[C@H]3C[C@H]2CN3c2nccc(C(F)(F)F)c2F)(C(C)C)C1. The van der Waals surface area contributed by atoms with Crippen LogP contribution in [0.4, 0.5) is 23.4 Å². The predicted octanol–water partition coefficient (Wildman–Crippen LogP) is 3.62. The lowest BCUT2D eigenvalue weighted by atomic mass is 9.74. The minimum atomic E-state index is -4.78. The van der Waals surface area contributed by atoms with Crippen LogP contribution in [0.15, 0.2) is 12.3 Å². The first-order valence-electron chi connectivity index (χ1n) is 13.2. The summed E-state index contributed by atoms with van der Waals surface area (Å²) in [5, 5.41) is 3.73. The first kappa shape index (κ1) is 26.6. The van der Waals surface area contributed by atoms with Gasteiger partial charge in [-0.05, 0) is 44.1 Å². The van der Waals surface area contributed by atoms with Gasteiger partial charge in [0.05, 0.1) is 35.8 Å². The molecule has 4 heterocycles. The van der Waals surface area contributed by atoms with Crippen LogP contribution in [0.5, 0.6) is 0 Å². The maximum Gasteiger partial charge on any atom is 0.419 e. The number of pyridine rings is 1. The zero-order valence-corrected chi connectivity index (χ0v) is 21.6. The van der Waals surface area contributed by atoms with Crippen molar-refractivity contribution in [3.05, 3.63) is 23.6 Å². The van der Waals surface area contributed by atoms with E-state index in [1.54, 1.807) is 12.0 Å². The van der Waals surface area contributed by atoms with Crippen LogP contribution in [0.2, 0.25) is 0 Å². The van der Waals surface area contributed by atoms with Crippen molar-refractivity contribution < 1.29 is 31.8 Å². The van der Waals surface area contributed by atoms with Crippen molar-refractivity contribution in [2.24, 2.45) is 11.3 Å². The predicted molar refractivity (Wildman–Crippen MR) is 129 cm³/mol. The number of ether oxygens (including phenoxy) is 2. The van der Waals surface area contributed by atoms with Crippen molar-refractivity contribution in [3.8, 4) is 0 Å². The molecule has 1 saturated carbocycles. The van der Waals surface area contributed by atoms with E-state index in [0.717, 1.165) is 31.9 Å². The molecule has 5 rings (SSSR count). The fourth-order valence-corrected chi connectivity index (χ4v) is 6.93. The summed E-state index contributed by atoms with van der Waals surface area (Å²) in [6.07, 6.45) is 0.0893. The van der Waals surface area contributed by atoms with Gasteiger partial charge in [-0.3, -0.25) is 4.79 Å². The van der Waals surface area contributed by atoms with Gasteiger partial charge in [0.2, 0.25) is 5.91 Å².